The molecule has 0 amide bonds. The second kappa shape index (κ2) is 6.06. The zero-order chi connectivity index (χ0) is 13.1. The number of aromatic nitrogens is 2. The van der Waals surface area contributed by atoms with E-state index in [1.54, 1.807) is 0 Å². The molecule has 1 aromatic heterocycles. The van der Waals surface area contributed by atoms with Gasteiger partial charge < -0.3 is 14.8 Å². The molecule has 0 aliphatic carbocycles. The first-order chi connectivity index (χ1) is 9.34. The molecule has 2 aliphatic rings. The second-order valence-corrected chi connectivity index (χ2v) is 6.14. The molecule has 106 valence electrons. The molecule has 0 bridgehead atoms. The zero-order valence-corrected chi connectivity index (χ0v) is 12.0. The van der Waals surface area contributed by atoms with E-state index >= 15 is 0 Å². The van der Waals surface area contributed by atoms with Crippen LogP contribution >= 0.6 is 0 Å². The van der Waals surface area contributed by atoms with E-state index in [1.165, 1.54) is 50.9 Å². The average molecular weight is 262 g/mol. The van der Waals surface area contributed by atoms with E-state index in [-0.39, 0.29) is 0 Å². The predicted octanol–water partition coefficient (Wildman–Crippen LogP) is 1.83. The second-order valence-electron chi connectivity index (χ2n) is 6.14. The Balaban J connectivity index is 1.68. The average Bonchev–Trinajstić information content (AvgIpc) is 2.91. The van der Waals surface area contributed by atoms with Gasteiger partial charge in [-0.1, -0.05) is 6.42 Å². The SMILES string of the molecule is CN1CCCCC1Cn1cncc1C1CCCNC1. The van der Waals surface area contributed by atoms with Crippen molar-refractivity contribution in [3.05, 3.63) is 18.2 Å². The van der Waals surface area contributed by atoms with Crippen molar-refractivity contribution in [3.8, 4) is 0 Å². The number of hydrogen-bond donors (Lipinski definition) is 1. The highest BCUT2D eigenvalue weighted by Gasteiger charge is 2.23. The minimum atomic E-state index is 0.658. The Bertz CT molecular complexity index is 395. The van der Waals surface area contributed by atoms with Crippen LogP contribution < -0.4 is 5.32 Å². The maximum Gasteiger partial charge on any atom is 0.0948 e. The van der Waals surface area contributed by atoms with Crippen molar-refractivity contribution in [2.75, 3.05) is 26.7 Å². The molecule has 0 saturated carbocycles. The molecule has 3 rings (SSSR count). The fourth-order valence-electron chi connectivity index (χ4n) is 3.53. The van der Waals surface area contributed by atoms with Crippen LogP contribution in [0.4, 0.5) is 0 Å². The first-order valence-electron chi connectivity index (χ1n) is 7.75. The van der Waals surface area contributed by atoms with Gasteiger partial charge in [0.15, 0.2) is 0 Å². The molecular weight excluding hydrogens is 236 g/mol. The molecule has 3 heterocycles. The lowest BCUT2D eigenvalue weighted by Crippen LogP contribution is -2.39. The topological polar surface area (TPSA) is 33.1 Å². The highest BCUT2D eigenvalue weighted by molar-refractivity contribution is 5.08. The highest BCUT2D eigenvalue weighted by atomic mass is 15.2. The summed E-state index contributed by atoms with van der Waals surface area (Å²) < 4.78 is 2.41. The molecule has 2 fully saturated rings. The van der Waals surface area contributed by atoms with E-state index < -0.39 is 0 Å². The van der Waals surface area contributed by atoms with Gasteiger partial charge in [-0.3, -0.25) is 0 Å². The van der Waals surface area contributed by atoms with Gasteiger partial charge in [0.1, 0.15) is 0 Å². The molecule has 2 aliphatic heterocycles. The van der Waals surface area contributed by atoms with Crippen LogP contribution in [-0.4, -0.2) is 47.2 Å². The minimum absolute atomic E-state index is 0.658. The Morgan fingerprint density at radius 2 is 2.26 bits per heavy atom. The molecule has 0 spiro atoms. The molecule has 0 aromatic carbocycles. The van der Waals surface area contributed by atoms with Gasteiger partial charge in [-0.15, -0.1) is 0 Å². The van der Waals surface area contributed by atoms with Crippen LogP contribution in [0.2, 0.25) is 0 Å². The summed E-state index contributed by atoms with van der Waals surface area (Å²) in [6, 6.07) is 0.693. The first-order valence-corrected chi connectivity index (χ1v) is 7.75. The van der Waals surface area contributed by atoms with E-state index in [0.29, 0.717) is 12.0 Å². The Morgan fingerprint density at radius 1 is 1.32 bits per heavy atom. The fourth-order valence-corrected chi connectivity index (χ4v) is 3.53. The van der Waals surface area contributed by atoms with Crippen LogP contribution in [0.1, 0.15) is 43.7 Å². The lowest BCUT2D eigenvalue weighted by molar-refractivity contribution is 0.166. The van der Waals surface area contributed by atoms with Gasteiger partial charge >= 0.3 is 0 Å². The summed E-state index contributed by atoms with van der Waals surface area (Å²) in [5, 5.41) is 3.51. The van der Waals surface area contributed by atoms with Gasteiger partial charge in [-0.25, -0.2) is 4.98 Å². The number of rotatable bonds is 3. The number of nitrogens with one attached hydrogen (secondary N) is 1. The van der Waals surface area contributed by atoms with Crippen LogP contribution in [0.5, 0.6) is 0 Å². The van der Waals surface area contributed by atoms with Crippen molar-refractivity contribution in [2.24, 2.45) is 0 Å². The molecule has 19 heavy (non-hydrogen) atoms. The monoisotopic (exact) mass is 262 g/mol. The molecule has 1 N–H and O–H groups in total. The van der Waals surface area contributed by atoms with Crippen molar-refractivity contribution in [1.29, 1.82) is 0 Å². The molecule has 2 atom stereocenters. The Morgan fingerprint density at radius 3 is 3.05 bits per heavy atom. The largest absolute Gasteiger partial charge is 0.333 e. The summed E-state index contributed by atoms with van der Waals surface area (Å²) in [6.45, 7) is 4.66. The molecule has 0 radical (unpaired) electrons. The van der Waals surface area contributed by atoms with Crippen molar-refractivity contribution >= 4 is 0 Å². The van der Waals surface area contributed by atoms with Crippen LogP contribution in [0.3, 0.4) is 0 Å². The summed E-state index contributed by atoms with van der Waals surface area (Å²) in [5.41, 5.74) is 1.44. The highest BCUT2D eigenvalue weighted by Crippen LogP contribution is 2.24. The summed E-state index contributed by atoms with van der Waals surface area (Å²) >= 11 is 0. The third-order valence-corrected chi connectivity index (χ3v) is 4.79. The quantitative estimate of drug-likeness (QED) is 0.902. The number of nitrogens with zero attached hydrogens (tertiary/aromatic N) is 3. The molecular formula is C15H26N4. The van der Waals surface area contributed by atoms with E-state index in [2.05, 4.69) is 33.0 Å². The zero-order valence-electron chi connectivity index (χ0n) is 12.0. The van der Waals surface area contributed by atoms with Crippen LogP contribution in [0.25, 0.3) is 0 Å². The fraction of sp³-hybridized carbons (Fsp3) is 0.800. The lowest BCUT2D eigenvalue weighted by Gasteiger charge is -2.33. The smallest absolute Gasteiger partial charge is 0.0948 e. The van der Waals surface area contributed by atoms with E-state index in [1.807, 2.05) is 6.33 Å². The van der Waals surface area contributed by atoms with Gasteiger partial charge in [0.2, 0.25) is 0 Å². The summed E-state index contributed by atoms with van der Waals surface area (Å²) in [5.74, 6) is 0.658. The molecule has 2 unspecified atom stereocenters. The molecule has 4 heteroatoms. The van der Waals surface area contributed by atoms with Crippen LogP contribution in [0, 0.1) is 0 Å². The summed E-state index contributed by atoms with van der Waals surface area (Å²) in [4.78, 5) is 6.92. The Labute approximate surface area is 116 Å². The van der Waals surface area contributed by atoms with Crippen molar-refractivity contribution in [1.82, 2.24) is 19.8 Å². The normalized spacial score (nSPS) is 29.5. The minimum Gasteiger partial charge on any atom is -0.333 e. The third-order valence-electron chi connectivity index (χ3n) is 4.79. The number of imidazole rings is 1. The number of likely N-dealkylation sites (tertiary alicyclic amines) is 1. The standard InChI is InChI=1S/C15H26N4/c1-18-8-3-2-6-14(18)11-19-12-17-10-15(19)13-5-4-7-16-9-13/h10,12-14,16H,2-9,11H2,1H3. The van der Waals surface area contributed by atoms with Crippen molar-refractivity contribution < 1.29 is 0 Å². The Hall–Kier alpha value is -0.870. The van der Waals surface area contributed by atoms with E-state index in [4.69, 9.17) is 0 Å². The van der Waals surface area contributed by atoms with Gasteiger partial charge in [-0.2, -0.15) is 0 Å². The third kappa shape index (κ3) is 3.00. The lowest BCUT2D eigenvalue weighted by atomic mass is 9.96. The number of hydrogen-bond acceptors (Lipinski definition) is 3. The maximum absolute atomic E-state index is 4.40. The summed E-state index contributed by atoms with van der Waals surface area (Å²) in [6.07, 6.45) is 10.8. The van der Waals surface area contributed by atoms with Crippen molar-refractivity contribution in [3.63, 3.8) is 0 Å². The van der Waals surface area contributed by atoms with Gasteiger partial charge in [0.25, 0.3) is 0 Å². The van der Waals surface area contributed by atoms with Crippen molar-refractivity contribution in [2.45, 2.75) is 50.6 Å². The first kappa shape index (κ1) is 13.1. The predicted molar refractivity (Wildman–Crippen MR) is 77.3 cm³/mol. The number of piperidine rings is 2. The number of likely N-dealkylation sites (N-methyl/N-ethyl adjacent to an activating group) is 1. The van der Waals surface area contributed by atoms with Crippen LogP contribution in [-0.2, 0) is 6.54 Å². The van der Waals surface area contributed by atoms with E-state index in [0.717, 1.165) is 13.1 Å². The van der Waals surface area contributed by atoms with E-state index in [9.17, 15) is 0 Å². The van der Waals surface area contributed by atoms with Gasteiger partial charge in [0.05, 0.1) is 6.33 Å². The Kier molecular flexibility index (Phi) is 4.18. The molecule has 2 saturated heterocycles. The van der Waals surface area contributed by atoms with Crippen LogP contribution in [0.15, 0.2) is 12.5 Å². The molecule has 4 nitrogen and oxygen atoms in total. The van der Waals surface area contributed by atoms with Gasteiger partial charge in [0, 0.05) is 36.9 Å². The maximum atomic E-state index is 4.40. The molecule has 1 aromatic rings. The van der Waals surface area contributed by atoms with Gasteiger partial charge in [-0.05, 0) is 45.8 Å². The summed E-state index contributed by atoms with van der Waals surface area (Å²) in [7, 11) is 2.27.